The molecule has 186 valence electrons. The van der Waals surface area contributed by atoms with Crippen LogP contribution in [-0.2, 0) is 6.42 Å². The van der Waals surface area contributed by atoms with Crippen molar-refractivity contribution in [3.8, 4) is 11.5 Å². The summed E-state index contributed by atoms with van der Waals surface area (Å²) < 4.78 is 53.0. The topological polar surface area (TPSA) is 77.4 Å². The minimum Gasteiger partial charge on any atom is -0.493 e. The highest BCUT2D eigenvalue weighted by atomic mass is 35.5. The van der Waals surface area contributed by atoms with Gasteiger partial charge in [0.05, 0.1) is 20.3 Å². The van der Waals surface area contributed by atoms with Crippen molar-refractivity contribution >= 4 is 23.3 Å². The Morgan fingerprint density at radius 3 is 2.54 bits per heavy atom. The Morgan fingerprint density at radius 1 is 1.17 bits per heavy atom. The summed E-state index contributed by atoms with van der Waals surface area (Å²) in [6.45, 7) is 0.218. The van der Waals surface area contributed by atoms with Crippen LogP contribution < -0.4 is 20.1 Å². The number of anilines is 1. The van der Waals surface area contributed by atoms with Gasteiger partial charge in [-0.1, -0.05) is 48.0 Å². The van der Waals surface area contributed by atoms with Crippen molar-refractivity contribution in [3.05, 3.63) is 70.4 Å². The normalized spacial score (nSPS) is 17.3. The summed E-state index contributed by atoms with van der Waals surface area (Å²) in [6.07, 6.45) is -4.39. The van der Waals surface area contributed by atoms with Gasteiger partial charge in [0.1, 0.15) is 10.8 Å². The molecule has 1 amide bonds. The van der Waals surface area contributed by atoms with E-state index in [1.54, 1.807) is 42.5 Å². The van der Waals surface area contributed by atoms with Crippen LogP contribution >= 0.6 is 11.6 Å². The average molecular weight is 509 g/mol. The molecule has 35 heavy (non-hydrogen) atoms. The molecule has 11 heteroatoms. The first-order valence-corrected chi connectivity index (χ1v) is 11.3. The second kappa shape index (κ2) is 10.1. The number of hydrogen-bond donors (Lipinski definition) is 2. The summed E-state index contributed by atoms with van der Waals surface area (Å²) in [7, 11) is 3.06. The van der Waals surface area contributed by atoms with Crippen LogP contribution in [0.4, 0.5) is 19.0 Å². The van der Waals surface area contributed by atoms with Crippen LogP contribution in [0.15, 0.2) is 48.5 Å². The molecule has 0 saturated carbocycles. The third-order valence-corrected chi connectivity index (χ3v) is 6.22. The van der Waals surface area contributed by atoms with Gasteiger partial charge >= 0.3 is 6.18 Å². The first-order chi connectivity index (χ1) is 16.7. The van der Waals surface area contributed by atoms with Crippen LogP contribution in [-0.4, -0.2) is 42.6 Å². The van der Waals surface area contributed by atoms with Gasteiger partial charge in [-0.15, -0.1) is 0 Å². The van der Waals surface area contributed by atoms with Crippen molar-refractivity contribution in [1.82, 2.24) is 15.1 Å². The Hall–Kier alpha value is -3.40. The van der Waals surface area contributed by atoms with Crippen LogP contribution in [0.5, 0.6) is 11.5 Å². The van der Waals surface area contributed by atoms with E-state index in [2.05, 4.69) is 15.7 Å². The van der Waals surface area contributed by atoms with Crippen LogP contribution in [0.2, 0.25) is 5.02 Å². The van der Waals surface area contributed by atoms with Gasteiger partial charge in [-0.3, -0.25) is 4.79 Å². The second-order valence-electron chi connectivity index (χ2n) is 8.05. The molecule has 2 atom stereocenters. The fourth-order valence-corrected chi connectivity index (χ4v) is 4.34. The predicted octanol–water partition coefficient (Wildman–Crippen LogP) is 5.19. The SMILES string of the molecule is COc1ccc(CCNC(=O)c2nn3c(c2Cl)N[C@H](c2ccccc2)C[C@H]3C(F)(F)F)cc1OC. The number of carbonyl (C=O) groups excluding carboxylic acids is 1. The number of carbonyl (C=O) groups is 1. The number of methoxy groups -OCH3 is 2. The van der Waals surface area contributed by atoms with Gasteiger partial charge in [0.15, 0.2) is 23.2 Å². The van der Waals surface area contributed by atoms with Gasteiger partial charge in [0, 0.05) is 13.0 Å². The third-order valence-electron chi connectivity index (χ3n) is 5.86. The Labute approximate surface area is 205 Å². The highest BCUT2D eigenvalue weighted by molar-refractivity contribution is 6.36. The van der Waals surface area contributed by atoms with E-state index in [0.29, 0.717) is 23.5 Å². The number of ether oxygens (including phenoxy) is 2. The number of fused-ring (bicyclic) bond motifs is 1. The lowest BCUT2D eigenvalue weighted by atomic mass is 9.97. The summed E-state index contributed by atoms with van der Waals surface area (Å²) >= 11 is 6.37. The van der Waals surface area contributed by atoms with Gasteiger partial charge in [0.2, 0.25) is 0 Å². The molecule has 2 heterocycles. The Bertz CT molecular complexity index is 1200. The number of nitrogens with zero attached hydrogens (tertiary/aromatic N) is 2. The van der Waals surface area contributed by atoms with Gasteiger partial charge in [-0.2, -0.15) is 18.3 Å². The van der Waals surface area contributed by atoms with E-state index in [4.69, 9.17) is 21.1 Å². The summed E-state index contributed by atoms with van der Waals surface area (Å²) in [6, 6.07) is 11.6. The van der Waals surface area contributed by atoms with Gasteiger partial charge in [-0.05, 0) is 29.7 Å². The van der Waals surface area contributed by atoms with Gasteiger partial charge < -0.3 is 20.1 Å². The lowest BCUT2D eigenvalue weighted by molar-refractivity contribution is -0.173. The van der Waals surface area contributed by atoms with Crippen molar-refractivity contribution in [2.75, 3.05) is 26.1 Å². The molecule has 0 radical (unpaired) electrons. The number of rotatable bonds is 7. The Morgan fingerprint density at radius 2 is 1.89 bits per heavy atom. The van der Waals surface area contributed by atoms with E-state index in [9.17, 15) is 18.0 Å². The van der Waals surface area contributed by atoms with Gasteiger partial charge in [0.25, 0.3) is 5.91 Å². The Kier molecular flexibility index (Phi) is 7.11. The molecule has 0 fully saturated rings. The largest absolute Gasteiger partial charge is 0.493 e. The fourth-order valence-electron chi connectivity index (χ4n) is 4.08. The maximum atomic E-state index is 13.9. The lowest BCUT2D eigenvalue weighted by Crippen LogP contribution is -2.36. The molecule has 1 aromatic heterocycles. The monoisotopic (exact) mass is 508 g/mol. The summed E-state index contributed by atoms with van der Waals surface area (Å²) in [4.78, 5) is 12.8. The molecule has 3 aromatic rings. The molecule has 0 bridgehead atoms. The molecule has 0 saturated heterocycles. The number of nitrogens with one attached hydrogen (secondary N) is 2. The lowest BCUT2D eigenvalue weighted by Gasteiger charge is -2.33. The van der Waals surface area contributed by atoms with E-state index >= 15 is 0 Å². The number of benzene rings is 2. The maximum absolute atomic E-state index is 13.9. The zero-order valence-corrected chi connectivity index (χ0v) is 19.8. The Balaban J connectivity index is 1.52. The van der Waals surface area contributed by atoms with E-state index in [0.717, 1.165) is 10.2 Å². The minimum atomic E-state index is -4.57. The highest BCUT2D eigenvalue weighted by Crippen LogP contribution is 2.46. The molecule has 1 aliphatic heterocycles. The predicted molar refractivity (Wildman–Crippen MR) is 125 cm³/mol. The molecule has 2 N–H and O–H groups in total. The summed E-state index contributed by atoms with van der Waals surface area (Å²) in [5.74, 6) is 0.449. The molecule has 0 spiro atoms. The second-order valence-corrected chi connectivity index (χ2v) is 8.43. The molecular weight excluding hydrogens is 485 g/mol. The van der Waals surface area contributed by atoms with Crippen LogP contribution in [0, 0.1) is 0 Å². The molecule has 1 aliphatic rings. The van der Waals surface area contributed by atoms with E-state index in [1.807, 2.05) is 6.07 Å². The van der Waals surface area contributed by atoms with Crippen molar-refractivity contribution in [3.63, 3.8) is 0 Å². The van der Waals surface area contributed by atoms with Crippen LogP contribution in [0.3, 0.4) is 0 Å². The zero-order valence-electron chi connectivity index (χ0n) is 19.0. The van der Waals surface area contributed by atoms with E-state index < -0.39 is 24.2 Å². The number of amides is 1. The molecule has 4 rings (SSSR count). The van der Waals surface area contributed by atoms with E-state index in [1.165, 1.54) is 14.2 Å². The number of aromatic nitrogens is 2. The van der Waals surface area contributed by atoms with Crippen LogP contribution in [0.25, 0.3) is 0 Å². The fraction of sp³-hybridized carbons (Fsp3) is 0.333. The zero-order chi connectivity index (χ0) is 25.2. The average Bonchev–Trinajstić information content (AvgIpc) is 3.19. The minimum absolute atomic E-state index is 0.0286. The van der Waals surface area contributed by atoms with Gasteiger partial charge in [-0.25, -0.2) is 4.68 Å². The summed E-state index contributed by atoms with van der Waals surface area (Å²) in [5, 5.41) is 9.51. The highest BCUT2D eigenvalue weighted by Gasteiger charge is 2.47. The first-order valence-electron chi connectivity index (χ1n) is 10.9. The number of alkyl halides is 3. The maximum Gasteiger partial charge on any atom is 0.410 e. The van der Waals surface area contributed by atoms with Crippen LogP contribution in [0.1, 0.15) is 40.1 Å². The van der Waals surface area contributed by atoms with Crippen molar-refractivity contribution < 1.29 is 27.4 Å². The number of hydrogen-bond acceptors (Lipinski definition) is 5. The molecular formula is C24H24ClF3N4O3. The number of halogens is 4. The molecule has 0 unspecified atom stereocenters. The molecule has 0 aliphatic carbocycles. The van der Waals surface area contributed by atoms with Crippen molar-refractivity contribution in [2.45, 2.75) is 31.1 Å². The third kappa shape index (κ3) is 5.17. The first kappa shape index (κ1) is 24.7. The molecule has 2 aromatic carbocycles. The standard InChI is InChI=1S/C24H24ClF3N4O3/c1-34-17-9-8-14(12-18(17)35-2)10-11-29-23(33)21-20(25)22-30-16(15-6-4-3-5-7-15)13-19(24(26,27)28)32(22)31-21/h3-9,12,16,19,30H,10-11,13H2,1-2H3,(H,29,33)/t16-,19-/m0/s1. The smallest absolute Gasteiger partial charge is 0.410 e. The van der Waals surface area contributed by atoms with Crippen molar-refractivity contribution in [1.29, 1.82) is 0 Å². The molecule has 7 nitrogen and oxygen atoms in total. The summed E-state index contributed by atoms with van der Waals surface area (Å²) in [5.41, 5.74) is 1.30. The van der Waals surface area contributed by atoms with E-state index in [-0.39, 0.29) is 29.5 Å². The van der Waals surface area contributed by atoms with Crippen molar-refractivity contribution in [2.24, 2.45) is 0 Å². The quantitative estimate of drug-likeness (QED) is 0.459.